The molecule has 0 unspecified atom stereocenters. The fourth-order valence-electron chi connectivity index (χ4n) is 3.71. The van der Waals surface area contributed by atoms with Gasteiger partial charge in [0.1, 0.15) is 6.54 Å². The van der Waals surface area contributed by atoms with Crippen molar-refractivity contribution in [1.82, 2.24) is 20.9 Å². The fraction of sp³-hybridized carbons (Fsp3) is 0.500. The maximum absolute atomic E-state index is 12.5. The van der Waals surface area contributed by atoms with E-state index in [0.717, 1.165) is 16.0 Å². The molecule has 0 aromatic heterocycles. The van der Waals surface area contributed by atoms with Crippen LogP contribution in [0.5, 0.6) is 0 Å². The molecule has 3 rings (SSSR count). The highest BCUT2D eigenvalue weighted by molar-refractivity contribution is 6.04. The van der Waals surface area contributed by atoms with Crippen molar-refractivity contribution < 1.29 is 24.3 Å². The molecule has 29 heavy (non-hydrogen) atoms. The summed E-state index contributed by atoms with van der Waals surface area (Å²) in [5, 5.41) is 18.1. The van der Waals surface area contributed by atoms with Crippen LogP contribution in [0.25, 0.3) is 0 Å². The summed E-state index contributed by atoms with van der Waals surface area (Å²) >= 11 is 0. The lowest BCUT2D eigenvalue weighted by Crippen LogP contribution is -2.52. The summed E-state index contributed by atoms with van der Waals surface area (Å²) in [6, 6.07) is 6.65. The lowest BCUT2D eigenvalue weighted by molar-refractivity contribution is -0.132. The standard InChI is InChI=1S/C20H26N4O5/c1-12-3-2-4-13(7-12)9-21-19(28)14-5-6-16(25)15(8-14)23-17(26)11-24-18(27)10-22-20(24)29/h2-4,7,14-16,25H,5-6,8-11H2,1H3,(H,21,28)(H,22,29)(H,23,26)/t14-,15+,16+/m0/s1. The number of nitrogens with one attached hydrogen (secondary N) is 3. The van der Waals surface area contributed by atoms with E-state index in [0.29, 0.717) is 25.8 Å². The first-order valence-corrected chi connectivity index (χ1v) is 9.72. The minimum Gasteiger partial charge on any atom is -0.391 e. The highest BCUT2D eigenvalue weighted by atomic mass is 16.3. The van der Waals surface area contributed by atoms with Crippen molar-refractivity contribution in [2.75, 3.05) is 13.1 Å². The van der Waals surface area contributed by atoms with E-state index in [2.05, 4.69) is 16.0 Å². The van der Waals surface area contributed by atoms with Gasteiger partial charge in [-0.25, -0.2) is 4.79 Å². The largest absolute Gasteiger partial charge is 0.391 e. The van der Waals surface area contributed by atoms with Crippen molar-refractivity contribution in [2.45, 2.75) is 44.9 Å². The molecule has 4 N–H and O–H groups in total. The van der Waals surface area contributed by atoms with Gasteiger partial charge in [0.25, 0.3) is 5.91 Å². The van der Waals surface area contributed by atoms with Crippen LogP contribution in [0.2, 0.25) is 0 Å². The number of hydrogen-bond acceptors (Lipinski definition) is 5. The van der Waals surface area contributed by atoms with E-state index in [-0.39, 0.29) is 18.4 Å². The van der Waals surface area contributed by atoms with Gasteiger partial charge in [-0.1, -0.05) is 29.8 Å². The first kappa shape index (κ1) is 20.8. The molecule has 2 aliphatic rings. The molecule has 2 fully saturated rings. The Morgan fingerprint density at radius 2 is 2.07 bits per heavy atom. The maximum atomic E-state index is 12.5. The zero-order chi connectivity index (χ0) is 21.0. The molecular weight excluding hydrogens is 376 g/mol. The number of nitrogens with zero attached hydrogens (tertiary/aromatic N) is 1. The SMILES string of the molecule is Cc1cccc(CNC(=O)[C@H]2CC[C@@H](O)[C@H](NC(=O)CN3C(=O)CNC3=O)C2)c1. The van der Waals surface area contributed by atoms with Crippen molar-refractivity contribution in [2.24, 2.45) is 5.92 Å². The molecule has 9 heteroatoms. The maximum Gasteiger partial charge on any atom is 0.325 e. The fourth-order valence-corrected chi connectivity index (χ4v) is 3.71. The van der Waals surface area contributed by atoms with E-state index >= 15 is 0 Å². The first-order valence-electron chi connectivity index (χ1n) is 9.72. The van der Waals surface area contributed by atoms with Crippen LogP contribution in [0.1, 0.15) is 30.4 Å². The number of aliphatic hydroxyl groups excluding tert-OH is 1. The normalized spacial score (nSPS) is 24.2. The number of hydrogen-bond donors (Lipinski definition) is 4. The van der Waals surface area contributed by atoms with E-state index < -0.39 is 36.5 Å². The molecule has 1 saturated heterocycles. The molecule has 9 nitrogen and oxygen atoms in total. The van der Waals surface area contributed by atoms with Crippen LogP contribution < -0.4 is 16.0 Å². The number of amides is 5. The summed E-state index contributed by atoms with van der Waals surface area (Å²) in [6.07, 6.45) is 0.437. The summed E-state index contributed by atoms with van der Waals surface area (Å²) in [5.74, 6) is -1.46. The summed E-state index contributed by atoms with van der Waals surface area (Å²) in [4.78, 5) is 48.7. The summed E-state index contributed by atoms with van der Waals surface area (Å²) in [7, 11) is 0. The lowest BCUT2D eigenvalue weighted by atomic mass is 9.83. The van der Waals surface area contributed by atoms with Crippen LogP contribution >= 0.6 is 0 Å². The number of rotatable bonds is 6. The van der Waals surface area contributed by atoms with E-state index in [1.54, 1.807) is 0 Å². The average molecular weight is 402 g/mol. The van der Waals surface area contributed by atoms with Gasteiger partial charge in [0.2, 0.25) is 11.8 Å². The Bertz CT molecular complexity index is 796. The first-order chi connectivity index (χ1) is 13.8. The molecule has 5 amide bonds. The monoisotopic (exact) mass is 402 g/mol. The number of aliphatic hydroxyl groups is 1. The Hall–Kier alpha value is -2.94. The minimum atomic E-state index is -0.775. The van der Waals surface area contributed by atoms with Crippen LogP contribution in [-0.2, 0) is 20.9 Å². The van der Waals surface area contributed by atoms with Gasteiger partial charge in [-0.2, -0.15) is 0 Å². The molecule has 1 saturated carbocycles. The predicted molar refractivity (Wildman–Crippen MR) is 103 cm³/mol. The van der Waals surface area contributed by atoms with Gasteiger partial charge in [-0.3, -0.25) is 19.3 Å². The third kappa shape index (κ3) is 5.32. The summed E-state index contributed by atoms with van der Waals surface area (Å²) in [6.45, 7) is 1.88. The van der Waals surface area contributed by atoms with Crippen molar-refractivity contribution in [3.63, 3.8) is 0 Å². The van der Waals surface area contributed by atoms with Crippen LogP contribution in [0.15, 0.2) is 24.3 Å². The van der Waals surface area contributed by atoms with Gasteiger partial charge < -0.3 is 21.1 Å². The average Bonchev–Trinajstić information content (AvgIpc) is 3.00. The third-order valence-corrected chi connectivity index (χ3v) is 5.32. The van der Waals surface area contributed by atoms with E-state index in [1.807, 2.05) is 31.2 Å². The molecule has 0 bridgehead atoms. The third-order valence-electron chi connectivity index (χ3n) is 5.32. The molecular formula is C20H26N4O5. The second kappa shape index (κ2) is 9.04. The van der Waals surface area contributed by atoms with Gasteiger partial charge in [-0.15, -0.1) is 0 Å². The zero-order valence-corrected chi connectivity index (χ0v) is 16.3. The van der Waals surface area contributed by atoms with Gasteiger partial charge in [0, 0.05) is 12.5 Å². The Balaban J connectivity index is 1.51. The van der Waals surface area contributed by atoms with E-state index in [9.17, 15) is 24.3 Å². The van der Waals surface area contributed by atoms with Gasteiger partial charge in [0.05, 0.1) is 18.7 Å². The molecule has 1 heterocycles. The van der Waals surface area contributed by atoms with E-state index in [1.165, 1.54) is 0 Å². The molecule has 1 aliphatic heterocycles. The van der Waals surface area contributed by atoms with Crippen LogP contribution in [-0.4, -0.2) is 59.0 Å². The second-order valence-electron chi connectivity index (χ2n) is 7.60. The van der Waals surface area contributed by atoms with Crippen molar-refractivity contribution in [3.05, 3.63) is 35.4 Å². The number of benzene rings is 1. The summed E-state index contributed by atoms with van der Waals surface area (Å²) in [5.41, 5.74) is 2.12. The predicted octanol–water partition coefficient (Wildman–Crippen LogP) is -0.191. The van der Waals surface area contributed by atoms with Crippen molar-refractivity contribution in [3.8, 4) is 0 Å². The van der Waals surface area contributed by atoms with Gasteiger partial charge >= 0.3 is 6.03 Å². The van der Waals surface area contributed by atoms with Crippen molar-refractivity contribution in [1.29, 1.82) is 0 Å². The lowest BCUT2D eigenvalue weighted by Gasteiger charge is -2.33. The van der Waals surface area contributed by atoms with Gasteiger partial charge in [0.15, 0.2) is 0 Å². The van der Waals surface area contributed by atoms with E-state index in [4.69, 9.17) is 0 Å². The molecule has 1 aromatic carbocycles. The smallest absolute Gasteiger partial charge is 0.325 e. The quantitative estimate of drug-likeness (QED) is 0.491. The van der Waals surface area contributed by atoms with Crippen molar-refractivity contribution >= 4 is 23.8 Å². The van der Waals surface area contributed by atoms with Gasteiger partial charge in [-0.05, 0) is 31.7 Å². The zero-order valence-electron chi connectivity index (χ0n) is 16.3. The molecule has 3 atom stereocenters. The molecule has 0 radical (unpaired) electrons. The molecule has 0 spiro atoms. The number of urea groups is 1. The highest BCUT2D eigenvalue weighted by Gasteiger charge is 2.35. The molecule has 156 valence electrons. The Morgan fingerprint density at radius 3 is 2.76 bits per heavy atom. The summed E-state index contributed by atoms with van der Waals surface area (Å²) < 4.78 is 0. The minimum absolute atomic E-state index is 0.119. The number of carbonyl (C=O) groups excluding carboxylic acids is 4. The van der Waals surface area contributed by atoms with Crippen LogP contribution in [0.4, 0.5) is 4.79 Å². The Labute approximate surface area is 168 Å². The number of imide groups is 1. The Morgan fingerprint density at radius 1 is 1.28 bits per heavy atom. The van der Waals surface area contributed by atoms with Crippen LogP contribution in [0, 0.1) is 12.8 Å². The number of aryl methyl sites for hydroxylation is 1. The molecule has 1 aromatic rings. The highest BCUT2D eigenvalue weighted by Crippen LogP contribution is 2.25. The second-order valence-corrected chi connectivity index (χ2v) is 7.60. The van der Waals surface area contributed by atoms with Crippen LogP contribution in [0.3, 0.4) is 0 Å². The molecule has 1 aliphatic carbocycles. The number of carbonyl (C=O) groups is 4. The topological polar surface area (TPSA) is 128 Å². The Kier molecular flexibility index (Phi) is 6.48.